The molecule has 1 aromatic heterocycles. The number of tetrazole rings is 1. The summed E-state index contributed by atoms with van der Waals surface area (Å²) >= 11 is 0. The second-order valence-electron chi connectivity index (χ2n) is 12.6. The first-order valence-corrected chi connectivity index (χ1v) is 18.5. The summed E-state index contributed by atoms with van der Waals surface area (Å²) in [4.78, 5) is 84.1. The topological polar surface area (TPSA) is 318 Å². The molecule has 1 aromatic rings. The molecule has 52 heavy (non-hydrogen) atoms. The third kappa shape index (κ3) is 21.5. The van der Waals surface area contributed by atoms with E-state index in [4.69, 9.17) is 4.74 Å². The second kappa shape index (κ2) is 23.7. The van der Waals surface area contributed by atoms with Crippen LogP contribution in [0.15, 0.2) is 0 Å². The van der Waals surface area contributed by atoms with Gasteiger partial charge >= 0.3 is 11.9 Å². The molecule has 1 rings (SSSR count). The number of sulfonamides is 1. The van der Waals surface area contributed by atoms with Crippen molar-refractivity contribution in [3.8, 4) is 0 Å². The van der Waals surface area contributed by atoms with Gasteiger partial charge in [-0.15, -0.1) is 5.10 Å². The lowest BCUT2D eigenvalue weighted by Crippen LogP contribution is -2.44. The number of nitrogens with one attached hydrogen (secondary N) is 6. The summed E-state index contributed by atoms with van der Waals surface area (Å²) in [5.41, 5.74) is -0.534. The molecule has 0 aliphatic rings. The predicted molar refractivity (Wildman–Crippen MR) is 181 cm³/mol. The number of rotatable bonds is 28. The molecule has 0 aliphatic heterocycles. The van der Waals surface area contributed by atoms with Crippen LogP contribution in [0.25, 0.3) is 0 Å². The van der Waals surface area contributed by atoms with Gasteiger partial charge in [0.15, 0.2) is 0 Å². The van der Waals surface area contributed by atoms with Crippen molar-refractivity contribution in [1.82, 2.24) is 46.6 Å². The number of aromatic amines is 1. The van der Waals surface area contributed by atoms with Crippen LogP contribution in [-0.2, 0) is 54.7 Å². The lowest BCUT2D eigenvalue weighted by molar-refractivity contribution is -0.143. The van der Waals surface area contributed by atoms with Crippen LogP contribution in [0, 0.1) is 5.41 Å². The third-order valence-electron chi connectivity index (χ3n) is 7.42. The molecular formula is C30H51N9O12S. The summed E-state index contributed by atoms with van der Waals surface area (Å²) in [5.74, 6) is -5.73. The van der Waals surface area contributed by atoms with Gasteiger partial charge in [-0.2, -0.15) is 0 Å². The first-order valence-electron chi connectivity index (χ1n) is 16.8. The van der Waals surface area contributed by atoms with Crippen molar-refractivity contribution < 1.29 is 56.9 Å². The lowest BCUT2D eigenvalue weighted by atomic mass is 9.84. The molecule has 0 bridgehead atoms. The lowest BCUT2D eigenvalue weighted by Gasteiger charge is -2.23. The zero-order valence-electron chi connectivity index (χ0n) is 29.7. The van der Waals surface area contributed by atoms with E-state index < -0.39 is 81.2 Å². The van der Waals surface area contributed by atoms with Crippen LogP contribution in [-0.4, -0.2) is 125 Å². The largest absolute Gasteiger partial charge is 0.480 e. The van der Waals surface area contributed by atoms with Gasteiger partial charge in [-0.05, 0) is 54.9 Å². The number of carbonyl (C=O) groups is 7. The minimum absolute atomic E-state index is 0.0379. The number of carboxylic acid groups (broad SMARTS) is 2. The Balaban J connectivity index is 2.32. The summed E-state index contributed by atoms with van der Waals surface area (Å²) in [7, 11) is -3.98. The van der Waals surface area contributed by atoms with Crippen LogP contribution in [0.2, 0.25) is 0 Å². The second-order valence-corrected chi connectivity index (χ2v) is 14.5. The molecule has 0 aliphatic carbocycles. The van der Waals surface area contributed by atoms with Gasteiger partial charge in [-0.1, -0.05) is 13.8 Å². The maximum absolute atomic E-state index is 12.3. The minimum Gasteiger partial charge on any atom is -0.480 e. The Morgan fingerprint density at radius 3 is 1.94 bits per heavy atom. The first kappa shape index (κ1) is 45.3. The number of aryl methyl sites for hydroxylation is 1. The van der Waals surface area contributed by atoms with Crippen LogP contribution < -0.4 is 26.0 Å². The number of aromatic nitrogens is 4. The van der Waals surface area contributed by atoms with Crippen LogP contribution >= 0.6 is 0 Å². The maximum atomic E-state index is 12.3. The van der Waals surface area contributed by atoms with Gasteiger partial charge in [-0.3, -0.25) is 28.7 Å². The van der Waals surface area contributed by atoms with Crippen molar-refractivity contribution in [2.24, 2.45) is 5.41 Å². The fourth-order valence-electron chi connectivity index (χ4n) is 4.61. The van der Waals surface area contributed by atoms with E-state index in [2.05, 4.69) is 41.9 Å². The number of carbonyl (C=O) groups excluding carboxylic acids is 5. The Morgan fingerprint density at radius 1 is 0.808 bits per heavy atom. The number of hydrogen-bond donors (Lipinski definition) is 8. The van der Waals surface area contributed by atoms with E-state index in [-0.39, 0.29) is 64.5 Å². The van der Waals surface area contributed by atoms with Crippen molar-refractivity contribution in [1.29, 1.82) is 0 Å². The average molecular weight is 762 g/mol. The SMILES string of the molecule is CCOCCNC(=O)CCC(NC(=O)CC[C@H](NC(=O)CCCNC(=O)CCCS(=O)(=O)NC(=O)CC(C)(C)CCc1nnn[nH]1)C(=O)O)C(=O)O. The van der Waals surface area contributed by atoms with E-state index in [0.29, 0.717) is 31.9 Å². The highest BCUT2D eigenvalue weighted by atomic mass is 32.2. The highest BCUT2D eigenvalue weighted by Crippen LogP contribution is 2.26. The molecule has 0 fully saturated rings. The standard InChI is InChI=1S/C30H51N9O12S/c1-4-51-17-16-32-24(41)11-9-20(28(45)46)34-26(43)12-10-21(29(47)48)33-25(42)7-5-15-31-23(40)8-6-18-52(49,50)37-27(44)19-30(2,3)14-13-22-35-38-39-36-22/h20-21H,4-19H2,1-3H3,(H,31,40)(H,32,41)(H,33,42)(H,34,43)(H,37,44)(H,45,46)(H,47,48)(H,35,36,38,39)/t20?,21-/m0/s1. The molecule has 0 radical (unpaired) electrons. The van der Waals surface area contributed by atoms with Crippen molar-refractivity contribution in [3.05, 3.63) is 5.82 Å². The summed E-state index contributed by atoms with van der Waals surface area (Å²) in [6.45, 7) is 6.48. The fraction of sp³-hybridized carbons (Fsp3) is 0.733. The molecule has 21 nitrogen and oxygen atoms in total. The van der Waals surface area contributed by atoms with Gasteiger partial charge in [0, 0.05) is 58.2 Å². The van der Waals surface area contributed by atoms with E-state index in [9.17, 15) is 52.2 Å². The Hall–Kier alpha value is -4.73. The Morgan fingerprint density at radius 2 is 1.37 bits per heavy atom. The zero-order valence-corrected chi connectivity index (χ0v) is 30.5. The van der Waals surface area contributed by atoms with Crippen LogP contribution in [0.4, 0.5) is 0 Å². The normalized spacial score (nSPS) is 12.6. The Kier molecular flexibility index (Phi) is 20.6. The van der Waals surface area contributed by atoms with Crippen molar-refractivity contribution in [2.75, 3.05) is 32.1 Å². The van der Waals surface area contributed by atoms with Gasteiger partial charge < -0.3 is 36.2 Å². The van der Waals surface area contributed by atoms with Gasteiger partial charge in [0.25, 0.3) is 0 Å². The van der Waals surface area contributed by atoms with Crippen molar-refractivity contribution in [3.63, 3.8) is 0 Å². The minimum atomic E-state index is -3.98. The van der Waals surface area contributed by atoms with E-state index in [1.54, 1.807) is 6.92 Å². The average Bonchev–Trinajstić information content (AvgIpc) is 3.57. The Labute approximate surface area is 301 Å². The quantitative estimate of drug-likeness (QED) is 0.0452. The predicted octanol–water partition coefficient (Wildman–Crippen LogP) is -1.48. The van der Waals surface area contributed by atoms with E-state index in [0.717, 1.165) is 0 Å². The van der Waals surface area contributed by atoms with E-state index in [1.165, 1.54) is 0 Å². The number of hydrogen-bond acceptors (Lipinski definition) is 13. The monoisotopic (exact) mass is 761 g/mol. The summed E-state index contributed by atoms with van der Waals surface area (Å²) < 4.78 is 31.8. The van der Waals surface area contributed by atoms with Crippen molar-refractivity contribution >= 4 is 51.5 Å². The molecular weight excluding hydrogens is 710 g/mol. The van der Waals surface area contributed by atoms with Gasteiger partial charge in [0.1, 0.15) is 17.9 Å². The third-order valence-corrected chi connectivity index (χ3v) is 8.78. The molecule has 0 spiro atoms. The van der Waals surface area contributed by atoms with Crippen molar-refractivity contribution in [2.45, 2.75) is 103 Å². The van der Waals surface area contributed by atoms with Crippen LogP contribution in [0.5, 0.6) is 0 Å². The molecule has 0 saturated heterocycles. The Bertz CT molecular complexity index is 1440. The zero-order chi connectivity index (χ0) is 39.2. The van der Waals surface area contributed by atoms with E-state index in [1.807, 2.05) is 18.6 Å². The number of H-pyrrole nitrogens is 1. The smallest absolute Gasteiger partial charge is 0.326 e. The van der Waals surface area contributed by atoms with Crippen LogP contribution in [0.1, 0.15) is 90.8 Å². The molecule has 294 valence electrons. The number of nitrogens with zero attached hydrogens (tertiary/aromatic N) is 3. The molecule has 8 N–H and O–H groups in total. The van der Waals surface area contributed by atoms with Crippen LogP contribution in [0.3, 0.4) is 0 Å². The molecule has 1 unspecified atom stereocenters. The number of amides is 5. The first-order chi connectivity index (χ1) is 24.4. The molecule has 5 amide bonds. The molecule has 1 heterocycles. The van der Waals surface area contributed by atoms with Gasteiger partial charge in [0.2, 0.25) is 39.6 Å². The summed E-state index contributed by atoms with van der Waals surface area (Å²) in [5, 5.41) is 41.8. The fourth-order valence-corrected chi connectivity index (χ4v) is 5.65. The number of aliphatic carboxylic acids is 2. The number of ether oxygens (including phenoxy) is 1. The molecule has 0 saturated carbocycles. The van der Waals surface area contributed by atoms with Gasteiger partial charge in [-0.25, -0.2) is 23.1 Å². The summed E-state index contributed by atoms with van der Waals surface area (Å²) in [6.07, 6.45) is -0.461. The van der Waals surface area contributed by atoms with Gasteiger partial charge in [0.05, 0.1) is 12.4 Å². The highest BCUT2D eigenvalue weighted by molar-refractivity contribution is 7.90. The maximum Gasteiger partial charge on any atom is 0.326 e. The molecule has 22 heteroatoms. The molecule has 0 aromatic carbocycles. The summed E-state index contributed by atoms with van der Waals surface area (Å²) in [6, 6.07) is -2.83. The highest BCUT2D eigenvalue weighted by Gasteiger charge is 2.26. The number of carboxylic acids is 2. The van der Waals surface area contributed by atoms with E-state index >= 15 is 0 Å². The molecule has 2 atom stereocenters.